The van der Waals surface area contributed by atoms with Gasteiger partial charge < -0.3 is 70.4 Å². The van der Waals surface area contributed by atoms with Gasteiger partial charge >= 0.3 is 11.9 Å². The Morgan fingerprint density at radius 3 is 1.75 bits per heavy atom. The average Bonchev–Trinajstić information content (AvgIpc) is 3.16. The summed E-state index contributed by atoms with van der Waals surface area (Å²) in [5.74, 6) is -5.14. The molecule has 11 N–H and O–H groups in total. The topological polar surface area (TPSA) is 284 Å². The highest BCUT2D eigenvalue weighted by Crippen LogP contribution is 2.25. The van der Waals surface area contributed by atoms with Crippen LogP contribution in [0.25, 0.3) is 0 Å². The molecule has 2 heterocycles. The maximum absolute atomic E-state index is 12.1. The van der Waals surface area contributed by atoms with Gasteiger partial charge in [-0.3, -0.25) is 9.59 Å². The summed E-state index contributed by atoms with van der Waals surface area (Å²) in [6.07, 6.45) is 16.2. The summed E-state index contributed by atoms with van der Waals surface area (Å²) in [4.78, 5) is 24.0. The molecule has 2 rings (SSSR count). The van der Waals surface area contributed by atoms with Crippen molar-refractivity contribution >= 4 is 11.9 Å². The molecule has 1 fully saturated rings. The molecule has 0 aromatic rings. The van der Waals surface area contributed by atoms with Crippen LogP contribution in [0.15, 0.2) is 85.1 Å². The van der Waals surface area contributed by atoms with E-state index in [4.69, 9.17) is 24.4 Å². The third-order valence-corrected chi connectivity index (χ3v) is 9.58. The Morgan fingerprint density at radius 1 is 0.633 bits per heavy atom. The van der Waals surface area contributed by atoms with Crippen LogP contribution in [0.4, 0.5) is 0 Å². The summed E-state index contributed by atoms with van der Waals surface area (Å²) in [5.41, 5.74) is 0. The van der Waals surface area contributed by atoms with Crippen molar-refractivity contribution in [2.75, 3.05) is 26.9 Å². The van der Waals surface area contributed by atoms with E-state index < -0.39 is 85.3 Å². The first-order valence-electron chi connectivity index (χ1n) is 20.6. The number of hydrogen-bond donors (Lipinski definition) is 11. The second-order valence-corrected chi connectivity index (χ2v) is 15.2. The lowest BCUT2D eigenvalue weighted by Crippen LogP contribution is -2.37. The fourth-order valence-corrected chi connectivity index (χ4v) is 6.14. The minimum Gasteiger partial charge on any atom is -0.481 e. The van der Waals surface area contributed by atoms with Crippen molar-refractivity contribution in [3.63, 3.8) is 0 Å². The second-order valence-electron chi connectivity index (χ2n) is 15.2. The summed E-state index contributed by atoms with van der Waals surface area (Å²) in [6, 6.07) is 0. The molecule has 0 saturated carbocycles. The smallest absolute Gasteiger partial charge is 0.308 e. The third-order valence-electron chi connectivity index (χ3n) is 9.58. The highest BCUT2D eigenvalue weighted by Gasteiger charge is 2.32. The van der Waals surface area contributed by atoms with E-state index in [1.807, 2.05) is 54.7 Å². The Morgan fingerprint density at radius 2 is 1.20 bits per heavy atom. The molecule has 0 spiro atoms. The van der Waals surface area contributed by atoms with E-state index >= 15 is 0 Å². The van der Waals surface area contributed by atoms with E-state index in [0.717, 1.165) is 0 Å². The largest absolute Gasteiger partial charge is 0.481 e. The number of cyclic esters (lactones) is 1. The number of carboxylic acids is 1. The van der Waals surface area contributed by atoms with E-state index in [1.54, 1.807) is 30.4 Å². The summed E-state index contributed by atoms with van der Waals surface area (Å²) in [5, 5.41) is 110. The molecule has 60 heavy (non-hydrogen) atoms. The zero-order chi connectivity index (χ0) is 44.8. The first kappa shape index (κ1) is 54.7. The van der Waals surface area contributed by atoms with Crippen LogP contribution >= 0.6 is 0 Å². The second kappa shape index (κ2) is 32.4. The molecule has 2 aliphatic heterocycles. The molecule has 0 unspecified atom stereocenters. The summed E-state index contributed by atoms with van der Waals surface area (Å²) < 4.78 is 15.3. The monoisotopic (exact) mass is 854 g/mol. The molecule has 1 saturated heterocycles. The quantitative estimate of drug-likeness (QED) is 0.140. The lowest BCUT2D eigenvalue weighted by molar-refractivity contribution is -0.190. The average molecular weight is 855 g/mol. The molecular weight excluding hydrogens is 784 g/mol. The molecule has 0 aromatic carbocycles. The molecule has 0 radical (unpaired) electrons. The van der Waals surface area contributed by atoms with Gasteiger partial charge in [0, 0.05) is 39.2 Å². The number of carbonyl (C=O) groups is 2. The van der Waals surface area contributed by atoms with Gasteiger partial charge in [0.25, 0.3) is 0 Å². The first-order chi connectivity index (χ1) is 28.5. The molecule has 0 bridgehead atoms. The molecule has 0 aromatic heterocycles. The normalized spacial score (nSPS) is 35.9. The number of rotatable bonds is 2. The van der Waals surface area contributed by atoms with Gasteiger partial charge in [-0.05, 0) is 44.9 Å². The Bertz CT molecular complexity index is 1360. The predicted octanol–water partition coefficient (Wildman–Crippen LogP) is 1.81. The van der Waals surface area contributed by atoms with E-state index in [0.29, 0.717) is 32.5 Å². The molecule has 10 atom stereocenters. The predicted molar refractivity (Wildman–Crippen MR) is 223 cm³/mol. The van der Waals surface area contributed by atoms with Gasteiger partial charge in [-0.25, -0.2) is 0 Å². The number of hydrogen-bond acceptors (Lipinski definition) is 15. The first-order valence-corrected chi connectivity index (χ1v) is 20.6. The highest BCUT2D eigenvalue weighted by molar-refractivity contribution is 5.70. The van der Waals surface area contributed by atoms with Crippen molar-refractivity contribution < 1.29 is 80.0 Å². The molecule has 16 nitrogen and oxygen atoms in total. The highest BCUT2D eigenvalue weighted by atomic mass is 16.5. The van der Waals surface area contributed by atoms with Crippen molar-refractivity contribution in [1.82, 2.24) is 0 Å². The maximum Gasteiger partial charge on any atom is 0.308 e. The van der Waals surface area contributed by atoms with Crippen molar-refractivity contribution in [2.24, 2.45) is 5.92 Å². The fraction of sp³-hybridized carbons (Fsp3) is 0.636. The molecular formula is C44H70O16. The van der Waals surface area contributed by atoms with Gasteiger partial charge in [-0.15, -0.1) is 0 Å². The maximum atomic E-state index is 12.1. The minimum absolute atomic E-state index is 0.0447. The Kier molecular flexibility index (Phi) is 29.5. The number of carbonyl (C=O) groups excluding carboxylic acids is 1. The van der Waals surface area contributed by atoms with Crippen LogP contribution in [0, 0.1) is 5.92 Å². The molecule has 16 heteroatoms. The molecule has 342 valence electrons. The number of methoxy groups -OCH3 is 1. The standard InChI is InChI=1S/C39H60O13.C5H10O3/c1-51-34-16-14-12-10-8-6-4-2-3-5-7-9-11-13-15-30(40)22-24-52-37(46)27-32(42)25-31(41)18-20-35(44)36(45)26-33(43)28-39(49,50)23-21-29(17-19-34)38(47)48;6-4-1-5(7)3-8-2-4/h2-14,16,29-36,40-45,49-50H,15,17-28H2,1H3,(H,47,48);4-7H,1-3H2/b4-2+,5-3+,8-6+,9-7+,12-10+,13-11+,16-14+;/t29-,30+,31+,32+,33-,34-,35+,36+;4-,5+/m0./s1. The van der Waals surface area contributed by atoms with Gasteiger partial charge in [0.2, 0.25) is 0 Å². The van der Waals surface area contributed by atoms with Gasteiger partial charge in [0.15, 0.2) is 5.79 Å². The number of aliphatic carboxylic acids is 1. The zero-order valence-electron chi connectivity index (χ0n) is 34.6. The molecule has 0 amide bonds. The van der Waals surface area contributed by atoms with E-state index in [-0.39, 0.29) is 64.1 Å². The van der Waals surface area contributed by atoms with Gasteiger partial charge in [0.05, 0.1) is 87.1 Å². The van der Waals surface area contributed by atoms with Crippen LogP contribution in [0.3, 0.4) is 0 Å². The number of ether oxygens (including phenoxy) is 3. The van der Waals surface area contributed by atoms with Crippen LogP contribution in [-0.4, -0.2) is 156 Å². The number of allylic oxidation sites excluding steroid dienone is 12. The Hall–Kier alpha value is -3.36. The minimum atomic E-state index is -2.43. The van der Waals surface area contributed by atoms with Crippen molar-refractivity contribution in [1.29, 1.82) is 0 Å². The number of aliphatic hydroxyl groups excluding tert-OH is 8. The van der Waals surface area contributed by atoms with Crippen LogP contribution in [0.5, 0.6) is 0 Å². The van der Waals surface area contributed by atoms with Crippen molar-refractivity contribution in [3.05, 3.63) is 85.1 Å². The lowest BCUT2D eigenvalue weighted by Gasteiger charge is -2.28. The third kappa shape index (κ3) is 29.0. The summed E-state index contributed by atoms with van der Waals surface area (Å²) >= 11 is 0. The lowest BCUT2D eigenvalue weighted by atomic mass is 9.90. The van der Waals surface area contributed by atoms with Crippen molar-refractivity contribution in [3.8, 4) is 0 Å². The van der Waals surface area contributed by atoms with E-state index in [2.05, 4.69) is 0 Å². The van der Waals surface area contributed by atoms with E-state index in [9.17, 15) is 55.5 Å². The Labute approximate surface area is 353 Å². The SMILES string of the molecule is CO[C@H]1/C=C/C=C/C=C/C=C/C=C/C=C/C=C/C[C@@H](O)CCOC(=O)C[C@H](O)C[C@H](O)CC[C@@H](O)[C@H](O)C[C@H](O)CC(O)(O)CC[C@@H](C(=O)O)CC1.O[C@@H]1COC[C@H](O)C1. The van der Waals surface area contributed by atoms with Gasteiger partial charge in [-0.2, -0.15) is 0 Å². The summed E-state index contributed by atoms with van der Waals surface area (Å²) in [6.45, 7) is 0.698. The number of esters is 1. The number of aliphatic hydroxyl groups is 10. The van der Waals surface area contributed by atoms with E-state index in [1.165, 1.54) is 7.11 Å². The van der Waals surface area contributed by atoms with Gasteiger partial charge in [0.1, 0.15) is 0 Å². The fourth-order valence-electron chi connectivity index (χ4n) is 6.14. The van der Waals surface area contributed by atoms with Crippen LogP contribution in [0.2, 0.25) is 0 Å². The number of carboxylic acid groups (broad SMARTS) is 1. The molecule has 2 aliphatic rings. The summed E-state index contributed by atoms with van der Waals surface area (Å²) in [7, 11) is 1.51. The zero-order valence-corrected chi connectivity index (χ0v) is 34.6. The van der Waals surface area contributed by atoms with Gasteiger partial charge in [-0.1, -0.05) is 85.1 Å². The van der Waals surface area contributed by atoms with Crippen LogP contribution in [0.1, 0.15) is 83.5 Å². The Balaban J connectivity index is 0.00000200. The van der Waals surface area contributed by atoms with Crippen molar-refractivity contribution in [2.45, 2.75) is 144 Å². The molecule has 0 aliphatic carbocycles. The van der Waals surface area contributed by atoms with Crippen LogP contribution < -0.4 is 0 Å². The van der Waals surface area contributed by atoms with Crippen LogP contribution in [-0.2, 0) is 23.8 Å².